The third-order valence-corrected chi connectivity index (χ3v) is 4.80. The molecule has 0 saturated carbocycles. The van der Waals surface area contributed by atoms with E-state index in [0.29, 0.717) is 6.42 Å². The van der Waals surface area contributed by atoms with Gasteiger partial charge in [-0.3, -0.25) is 9.69 Å². The minimum Gasteiger partial charge on any atom is -0.369 e. The zero-order chi connectivity index (χ0) is 16.7. The molecule has 128 valence electrons. The van der Waals surface area contributed by atoms with E-state index >= 15 is 0 Å². The number of nitrogens with one attached hydrogen (secondary N) is 1. The van der Waals surface area contributed by atoms with Crippen molar-refractivity contribution in [2.75, 3.05) is 44.2 Å². The second kappa shape index (κ2) is 8.92. The van der Waals surface area contributed by atoms with Crippen LogP contribution in [0.3, 0.4) is 0 Å². The second-order valence-electron chi connectivity index (χ2n) is 6.50. The van der Waals surface area contributed by atoms with Gasteiger partial charge >= 0.3 is 0 Å². The molecule has 0 radical (unpaired) electrons. The van der Waals surface area contributed by atoms with Crippen molar-refractivity contribution in [1.29, 1.82) is 0 Å². The predicted octanol–water partition coefficient (Wildman–Crippen LogP) is 2.73. The van der Waals surface area contributed by atoms with Gasteiger partial charge in [0, 0.05) is 51.4 Å². The Hall–Kier alpha value is -1.55. The minimum atomic E-state index is 0.190. The van der Waals surface area contributed by atoms with Gasteiger partial charge in [0.05, 0.1) is 0 Å². The lowest BCUT2D eigenvalue weighted by atomic mass is 10.1. The predicted molar refractivity (Wildman–Crippen MR) is 97.1 cm³/mol. The van der Waals surface area contributed by atoms with Crippen molar-refractivity contribution < 1.29 is 4.79 Å². The van der Waals surface area contributed by atoms with Crippen molar-refractivity contribution in [1.82, 2.24) is 10.2 Å². The Morgan fingerprint density at radius 3 is 2.61 bits per heavy atom. The van der Waals surface area contributed by atoms with E-state index in [4.69, 9.17) is 0 Å². The van der Waals surface area contributed by atoms with E-state index in [1.807, 2.05) is 0 Å². The standard InChI is InChI=1S/C19H31N3O/c1-4-5-10-20-19(23)9-11-21-12-14-22(15-13-21)18-8-6-7-16(2)17(18)3/h6-8H,4-5,9-15H2,1-3H3,(H,20,23). The highest BCUT2D eigenvalue weighted by Gasteiger charge is 2.19. The molecule has 0 aromatic heterocycles. The molecular weight excluding hydrogens is 286 g/mol. The summed E-state index contributed by atoms with van der Waals surface area (Å²) >= 11 is 0. The van der Waals surface area contributed by atoms with E-state index < -0.39 is 0 Å². The fraction of sp³-hybridized carbons (Fsp3) is 0.632. The SMILES string of the molecule is CCCCNC(=O)CCN1CCN(c2cccc(C)c2C)CC1. The van der Waals surface area contributed by atoms with Crippen molar-refractivity contribution in [3.63, 3.8) is 0 Å². The topological polar surface area (TPSA) is 35.6 Å². The lowest BCUT2D eigenvalue weighted by Crippen LogP contribution is -2.47. The number of anilines is 1. The van der Waals surface area contributed by atoms with Gasteiger partial charge in [-0.2, -0.15) is 0 Å². The number of carbonyl (C=O) groups is 1. The summed E-state index contributed by atoms with van der Waals surface area (Å²) < 4.78 is 0. The van der Waals surface area contributed by atoms with Gasteiger partial charge in [-0.15, -0.1) is 0 Å². The Kier molecular flexibility index (Phi) is 6.90. The van der Waals surface area contributed by atoms with E-state index in [1.165, 1.54) is 16.8 Å². The molecule has 4 heteroatoms. The number of rotatable bonds is 7. The Balaban J connectivity index is 1.74. The highest BCUT2D eigenvalue weighted by molar-refractivity contribution is 5.76. The number of amides is 1. The molecular formula is C19H31N3O. The van der Waals surface area contributed by atoms with Crippen LogP contribution in [0.1, 0.15) is 37.3 Å². The van der Waals surface area contributed by atoms with Crippen molar-refractivity contribution in [2.24, 2.45) is 0 Å². The normalized spacial score (nSPS) is 15.7. The van der Waals surface area contributed by atoms with Crippen molar-refractivity contribution in [3.05, 3.63) is 29.3 Å². The molecule has 1 fully saturated rings. The molecule has 0 spiro atoms. The summed E-state index contributed by atoms with van der Waals surface area (Å²) in [4.78, 5) is 16.7. The maximum atomic E-state index is 11.8. The summed E-state index contributed by atoms with van der Waals surface area (Å²) in [6.45, 7) is 12.4. The first-order valence-corrected chi connectivity index (χ1v) is 8.92. The monoisotopic (exact) mass is 317 g/mol. The summed E-state index contributed by atoms with van der Waals surface area (Å²) in [7, 11) is 0. The molecule has 1 saturated heterocycles. The minimum absolute atomic E-state index is 0.190. The molecule has 0 aliphatic carbocycles. The van der Waals surface area contributed by atoms with E-state index in [-0.39, 0.29) is 5.91 Å². The fourth-order valence-electron chi connectivity index (χ4n) is 3.04. The average Bonchev–Trinajstić information content (AvgIpc) is 2.56. The Bertz CT molecular complexity index is 507. The van der Waals surface area contributed by atoms with Crippen LogP contribution in [0.5, 0.6) is 0 Å². The number of benzene rings is 1. The molecule has 1 amide bonds. The molecule has 1 aromatic carbocycles. The summed E-state index contributed by atoms with van der Waals surface area (Å²) in [5.74, 6) is 0.190. The first-order valence-electron chi connectivity index (χ1n) is 8.92. The van der Waals surface area contributed by atoms with Crippen molar-refractivity contribution >= 4 is 11.6 Å². The number of carbonyl (C=O) groups excluding carboxylic acids is 1. The number of hydrogen-bond donors (Lipinski definition) is 1. The number of unbranched alkanes of at least 4 members (excludes halogenated alkanes) is 1. The number of hydrogen-bond acceptors (Lipinski definition) is 3. The zero-order valence-electron chi connectivity index (χ0n) is 14.9. The average molecular weight is 317 g/mol. The van der Waals surface area contributed by atoms with Crippen LogP contribution in [0.15, 0.2) is 18.2 Å². The first kappa shape index (κ1) is 17.8. The maximum Gasteiger partial charge on any atom is 0.221 e. The lowest BCUT2D eigenvalue weighted by molar-refractivity contribution is -0.121. The fourth-order valence-corrected chi connectivity index (χ4v) is 3.04. The van der Waals surface area contributed by atoms with Gasteiger partial charge < -0.3 is 10.2 Å². The molecule has 23 heavy (non-hydrogen) atoms. The number of aryl methyl sites for hydroxylation is 1. The molecule has 0 atom stereocenters. The highest BCUT2D eigenvalue weighted by atomic mass is 16.1. The van der Waals surface area contributed by atoms with Crippen LogP contribution in [0.2, 0.25) is 0 Å². The van der Waals surface area contributed by atoms with Crippen LogP contribution in [0.4, 0.5) is 5.69 Å². The molecule has 1 aromatic rings. The third-order valence-electron chi connectivity index (χ3n) is 4.80. The highest BCUT2D eigenvalue weighted by Crippen LogP contribution is 2.23. The van der Waals surface area contributed by atoms with Crippen molar-refractivity contribution in [2.45, 2.75) is 40.0 Å². The van der Waals surface area contributed by atoms with Gasteiger partial charge in [0.15, 0.2) is 0 Å². The molecule has 1 N–H and O–H groups in total. The molecule has 0 bridgehead atoms. The van der Waals surface area contributed by atoms with E-state index in [1.54, 1.807) is 0 Å². The van der Waals surface area contributed by atoms with Gasteiger partial charge in [0.25, 0.3) is 0 Å². The van der Waals surface area contributed by atoms with E-state index in [2.05, 4.69) is 54.1 Å². The Morgan fingerprint density at radius 1 is 1.17 bits per heavy atom. The quantitative estimate of drug-likeness (QED) is 0.786. The van der Waals surface area contributed by atoms with Crippen LogP contribution in [0.25, 0.3) is 0 Å². The van der Waals surface area contributed by atoms with Gasteiger partial charge in [-0.25, -0.2) is 0 Å². The summed E-state index contributed by atoms with van der Waals surface area (Å²) in [5.41, 5.74) is 4.10. The molecule has 1 heterocycles. The van der Waals surface area contributed by atoms with E-state index in [9.17, 15) is 4.79 Å². The molecule has 4 nitrogen and oxygen atoms in total. The van der Waals surface area contributed by atoms with Gasteiger partial charge in [0.1, 0.15) is 0 Å². The van der Waals surface area contributed by atoms with Crippen LogP contribution in [0, 0.1) is 13.8 Å². The van der Waals surface area contributed by atoms with E-state index in [0.717, 1.165) is 52.1 Å². The third kappa shape index (κ3) is 5.24. The number of piperazine rings is 1. The molecule has 1 aliphatic rings. The van der Waals surface area contributed by atoms with Crippen LogP contribution < -0.4 is 10.2 Å². The number of nitrogens with zero attached hydrogens (tertiary/aromatic N) is 2. The van der Waals surface area contributed by atoms with Crippen LogP contribution in [-0.4, -0.2) is 50.1 Å². The summed E-state index contributed by atoms with van der Waals surface area (Å²) in [5, 5.41) is 3.00. The molecule has 0 unspecified atom stereocenters. The Labute approximate surface area is 140 Å². The van der Waals surface area contributed by atoms with Gasteiger partial charge in [-0.05, 0) is 37.5 Å². The van der Waals surface area contributed by atoms with Gasteiger partial charge in [-0.1, -0.05) is 25.5 Å². The van der Waals surface area contributed by atoms with Crippen molar-refractivity contribution in [3.8, 4) is 0 Å². The summed E-state index contributed by atoms with van der Waals surface area (Å²) in [6.07, 6.45) is 2.81. The first-order chi connectivity index (χ1) is 11.1. The smallest absolute Gasteiger partial charge is 0.221 e. The lowest BCUT2D eigenvalue weighted by Gasteiger charge is -2.37. The molecule has 2 rings (SSSR count). The second-order valence-corrected chi connectivity index (χ2v) is 6.50. The summed E-state index contributed by atoms with van der Waals surface area (Å²) in [6, 6.07) is 6.54. The maximum absolute atomic E-state index is 11.8. The zero-order valence-corrected chi connectivity index (χ0v) is 14.9. The van der Waals surface area contributed by atoms with Crippen LogP contribution >= 0.6 is 0 Å². The Morgan fingerprint density at radius 2 is 1.91 bits per heavy atom. The van der Waals surface area contributed by atoms with Gasteiger partial charge in [0.2, 0.25) is 5.91 Å². The van der Waals surface area contributed by atoms with Crippen LogP contribution in [-0.2, 0) is 4.79 Å². The molecule has 1 aliphatic heterocycles. The largest absolute Gasteiger partial charge is 0.369 e.